The molecule has 4 N–H and O–H groups in total. The fourth-order valence-electron chi connectivity index (χ4n) is 2.53. The Morgan fingerprint density at radius 1 is 1.50 bits per heavy atom. The molecule has 0 saturated carbocycles. The number of hydrogen-bond acceptors (Lipinski definition) is 4. The van der Waals surface area contributed by atoms with E-state index >= 15 is 0 Å². The van der Waals surface area contributed by atoms with Crippen molar-refractivity contribution in [3.63, 3.8) is 0 Å². The fourth-order valence-corrected chi connectivity index (χ4v) is 3.20. The first-order valence-electron chi connectivity index (χ1n) is 6.73. The fraction of sp³-hybridized carbons (Fsp3) is 0.462. The summed E-state index contributed by atoms with van der Waals surface area (Å²) in [5, 5.41) is 3.37. The molecule has 108 valence electrons. The van der Waals surface area contributed by atoms with E-state index in [-0.39, 0.29) is 5.84 Å². The van der Waals surface area contributed by atoms with E-state index in [0.29, 0.717) is 29.5 Å². The lowest BCUT2D eigenvalue weighted by atomic mass is 10.0. The lowest BCUT2D eigenvalue weighted by Gasteiger charge is -2.24. The summed E-state index contributed by atoms with van der Waals surface area (Å²) in [6.45, 7) is 2.73. The number of amidine groups is 1. The van der Waals surface area contributed by atoms with Gasteiger partial charge in [0.15, 0.2) is 0 Å². The second kappa shape index (κ2) is 5.80. The summed E-state index contributed by atoms with van der Waals surface area (Å²) in [5.74, 6) is 1.47. The van der Waals surface area contributed by atoms with Crippen molar-refractivity contribution in [1.29, 1.82) is 0 Å². The van der Waals surface area contributed by atoms with Gasteiger partial charge in [-0.25, -0.2) is 4.21 Å². The monoisotopic (exact) mass is 294 g/mol. The molecule has 0 aliphatic carbocycles. The summed E-state index contributed by atoms with van der Waals surface area (Å²) in [6.07, 6.45) is 2.36. The topological polar surface area (TPSA) is 88.7 Å². The van der Waals surface area contributed by atoms with Crippen LogP contribution < -0.4 is 20.5 Å². The van der Waals surface area contributed by atoms with Crippen LogP contribution >= 0.6 is 0 Å². The first kappa shape index (κ1) is 13.4. The van der Waals surface area contributed by atoms with Crippen LogP contribution in [0.3, 0.4) is 0 Å². The summed E-state index contributed by atoms with van der Waals surface area (Å²) in [5.41, 5.74) is 7.28. The maximum absolute atomic E-state index is 11.4. The molecular formula is C13H18N4O2S. The summed E-state index contributed by atoms with van der Waals surface area (Å²) in [6, 6.07) is 5.55. The van der Waals surface area contributed by atoms with Crippen molar-refractivity contribution in [3.8, 4) is 5.75 Å². The third kappa shape index (κ3) is 2.78. The molecule has 1 fully saturated rings. The van der Waals surface area contributed by atoms with Crippen molar-refractivity contribution in [1.82, 2.24) is 5.32 Å². The maximum Gasteiger partial charge on any atom is 0.245 e. The lowest BCUT2D eigenvalue weighted by molar-refractivity contribution is 0.218. The predicted octanol–water partition coefficient (Wildman–Crippen LogP) is 0.774. The molecule has 0 spiro atoms. The molecule has 2 aliphatic heterocycles. The molecule has 0 aromatic heterocycles. The molecule has 6 nitrogen and oxygen atoms in total. The zero-order valence-electron chi connectivity index (χ0n) is 11.1. The quantitative estimate of drug-likeness (QED) is 0.768. The smallest absolute Gasteiger partial charge is 0.245 e. The van der Waals surface area contributed by atoms with Crippen LogP contribution in [0.1, 0.15) is 18.4 Å². The van der Waals surface area contributed by atoms with Crippen molar-refractivity contribution in [2.45, 2.75) is 12.8 Å². The highest BCUT2D eigenvalue weighted by Gasteiger charge is 2.21. The minimum atomic E-state index is -1.50. The Hall–Kier alpha value is -1.60. The molecule has 7 heteroatoms. The standard InChI is InChI=1S/C13H18N4O2S/c14-13-12-10(16-20(18)17-13)4-1-5-11(12)19-8-9-3-2-6-15-7-9/h1,4-5,9,15-16H,2-3,6-8H2,(H2,14,17). The lowest BCUT2D eigenvalue weighted by Crippen LogP contribution is -2.33. The number of nitrogens with two attached hydrogens (primary N) is 1. The number of fused-ring (bicyclic) bond motifs is 1. The van der Waals surface area contributed by atoms with E-state index in [4.69, 9.17) is 10.5 Å². The van der Waals surface area contributed by atoms with Crippen LogP contribution in [0, 0.1) is 5.92 Å². The number of hydrogen-bond donors (Lipinski definition) is 3. The molecule has 0 radical (unpaired) electrons. The molecule has 20 heavy (non-hydrogen) atoms. The van der Waals surface area contributed by atoms with E-state index in [2.05, 4.69) is 14.4 Å². The number of benzene rings is 1. The Balaban J connectivity index is 1.76. The number of nitrogens with one attached hydrogen (secondary N) is 2. The van der Waals surface area contributed by atoms with Gasteiger partial charge in [-0.15, -0.1) is 0 Å². The highest BCUT2D eigenvalue weighted by atomic mass is 32.2. The van der Waals surface area contributed by atoms with Crippen LogP contribution in [-0.2, 0) is 11.2 Å². The molecule has 2 atom stereocenters. The summed E-state index contributed by atoms with van der Waals surface area (Å²) < 4.78 is 24.0. The Morgan fingerprint density at radius 3 is 3.20 bits per heavy atom. The minimum absolute atomic E-state index is 0.259. The highest BCUT2D eigenvalue weighted by Crippen LogP contribution is 2.30. The van der Waals surface area contributed by atoms with Crippen molar-refractivity contribution in [2.24, 2.45) is 16.0 Å². The van der Waals surface area contributed by atoms with E-state index in [1.165, 1.54) is 12.8 Å². The van der Waals surface area contributed by atoms with Crippen LogP contribution in [0.25, 0.3) is 0 Å². The van der Waals surface area contributed by atoms with Gasteiger partial charge in [0.2, 0.25) is 11.2 Å². The molecule has 3 rings (SSSR count). The van der Waals surface area contributed by atoms with Gasteiger partial charge in [0.05, 0.1) is 17.9 Å². The van der Waals surface area contributed by atoms with Crippen LogP contribution in [0.2, 0.25) is 0 Å². The number of ether oxygens (including phenoxy) is 1. The van der Waals surface area contributed by atoms with Gasteiger partial charge in [0.25, 0.3) is 0 Å². The molecule has 2 heterocycles. The summed E-state index contributed by atoms with van der Waals surface area (Å²) in [4.78, 5) is 0. The van der Waals surface area contributed by atoms with Gasteiger partial charge < -0.3 is 15.8 Å². The normalized spacial score (nSPS) is 25.3. The van der Waals surface area contributed by atoms with E-state index in [0.717, 1.165) is 13.1 Å². The maximum atomic E-state index is 11.4. The predicted molar refractivity (Wildman–Crippen MR) is 80.0 cm³/mol. The largest absolute Gasteiger partial charge is 0.492 e. The van der Waals surface area contributed by atoms with Crippen molar-refractivity contribution in [2.75, 3.05) is 24.4 Å². The molecule has 1 aromatic rings. The zero-order chi connectivity index (χ0) is 13.9. The van der Waals surface area contributed by atoms with Crippen LogP contribution in [0.5, 0.6) is 5.75 Å². The van der Waals surface area contributed by atoms with Crippen molar-refractivity contribution < 1.29 is 8.95 Å². The Kier molecular flexibility index (Phi) is 3.88. The van der Waals surface area contributed by atoms with Crippen LogP contribution in [-0.4, -0.2) is 29.7 Å². The second-order valence-electron chi connectivity index (χ2n) is 5.03. The number of piperidine rings is 1. The van der Waals surface area contributed by atoms with E-state index in [1.54, 1.807) is 0 Å². The third-order valence-electron chi connectivity index (χ3n) is 3.53. The van der Waals surface area contributed by atoms with Crippen molar-refractivity contribution >= 4 is 22.7 Å². The van der Waals surface area contributed by atoms with Gasteiger partial charge in [-0.3, -0.25) is 4.72 Å². The zero-order valence-corrected chi connectivity index (χ0v) is 11.9. The third-order valence-corrected chi connectivity index (χ3v) is 4.29. The summed E-state index contributed by atoms with van der Waals surface area (Å²) in [7, 11) is 0. The van der Waals surface area contributed by atoms with Gasteiger partial charge in [-0.05, 0) is 31.5 Å². The van der Waals surface area contributed by atoms with E-state index in [1.807, 2.05) is 18.2 Å². The highest BCUT2D eigenvalue weighted by molar-refractivity contribution is 7.85. The molecule has 2 aliphatic rings. The molecule has 0 bridgehead atoms. The Bertz CT molecular complexity index is 555. The van der Waals surface area contributed by atoms with Gasteiger partial charge >= 0.3 is 0 Å². The minimum Gasteiger partial charge on any atom is -0.492 e. The first-order chi connectivity index (χ1) is 9.74. The molecular weight excluding hydrogens is 276 g/mol. The average Bonchev–Trinajstić information content (AvgIpc) is 2.45. The van der Waals surface area contributed by atoms with E-state index < -0.39 is 11.2 Å². The second-order valence-corrected chi connectivity index (χ2v) is 5.91. The number of nitrogens with zero attached hydrogens (tertiary/aromatic N) is 1. The molecule has 2 unspecified atom stereocenters. The SMILES string of the molecule is NC1=NS(=O)Nc2cccc(OCC3CCCNC3)c21. The van der Waals surface area contributed by atoms with E-state index in [9.17, 15) is 4.21 Å². The van der Waals surface area contributed by atoms with Crippen LogP contribution in [0.4, 0.5) is 5.69 Å². The van der Waals surface area contributed by atoms with Gasteiger partial charge in [0, 0.05) is 12.5 Å². The number of rotatable bonds is 3. The van der Waals surface area contributed by atoms with Crippen LogP contribution in [0.15, 0.2) is 22.6 Å². The molecule has 0 amide bonds. The molecule has 1 aromatic carbocycles. The van der Waals surface area contributed by atoms with Gasteiger partial charge in [-0.1, -0.05) is 6.07 Å². The first-order valence-corrected chi connectivity index (χ1v) is 7.84. The average molecular weight is 294 g/mol. The Morgan fingerprint density at radius 2 is 2.40 bits per heavy atom. The van der Waals surface area contributed by atoms with Gasteiger partial charge in [-0.2, -0.15) is 4.40 Å². The van der Waals surface area contributed by atoms with Crippen molar-refractivity contribution in [3.05, 3.63) is 23.8 Å². The Labute approximate surface area is 120 Å². The van der Waals surface area contributed by atoms with Gasteiger partial charge in [0.1, 0.15) is 11.6 Å². The number of anilines is 1. The summed E-state index contributed by atoms with van der Waals surface area (Å²) >= 11 is -1.50. The molecule has 1 saturated heterocycles.